The molecule has 4 nitrogen and oxygen atoms in total. The molecular formula is C14H20BrNO3S. The number of ether oxygens (including phenoxy) is 1. The van der Waals surface area contributed by atoms with Crippen molar-refractivity contribution in [1.29, 1.82) is 0 Å². The fourth-order valence-corrected chi connectivity index (χ4v) is 3.95. The van der Waals surface area contributed by atoms with E-state index in [-0.39, 0.29) is 0 Å². The largest absolute Gasteiger partial charge is 0.381 e. The van der Waals surface area contributed by atoms with Gasteiger partial charge in [-0.2, -0.15) is 0 Å². The molecule has 0 amide bonds. The van der Waals surface area contributed by atoms with Crippen molar-refractivity contribution in [3.05, 3.63) is 28.2 Å². The van der Waals surface area contributed by atoms with E-state index < -0.39 is 10.0 Å². The molecular weight excluding hydrogens is 342 g/mol. The van der Waals surface area contributed by atoms with E-state index in [4.69, 9.17) is 4.74 Å². The lowest BCUT2D eigenvalue weighted by Crippen LogP contribution is -2.35. The predicted molar refractivity (Wildman–Crippen MR) is 82.2 cm³/mol. The van der Waals surface area contributed by atoms with Crippen molar-refractivity contribution < 1.29 is 13.2 Å². The molecule has 0 saturated carbocycles. The number of nitrogens with zero attached hydrogens (tertiary/aromatic N) is 1. The summed E-state index contributed by atoms with van der Waals surface area (Å²) in [6, 6.07) is 5.12. The summed E-state index contributed by atoms with van der Waals surface area (Å²) in [5.74, 6) is 0.292. The summed E-state index contributed by atoms with van der Waals surface area (Å²) in [6.45, 7) is 3.84. The SMILES string of the molecule is Cc1cc(S(=O)(=O)N(C)CC2CCCOC2)ccc1Br. The van der Waals surface area contributed by atoms with Crippen molar-refractivity contribution >= 4 is 26.0 Å². The van der Waals surface area contributed by atoms with Crippen molar-refractivity contribution in [2.24, 2.45) is 5.92 Å². The summed E-state index contributed by atoms with van der Waals surface area (Å²) in [4.78, 5) is 0.345. The number of hydrogen-bond acceptors (Lipinski definition) is 3. The minimum absolute atomic E-state index is 0.292. The maximum atomic E-state index is 12.5. The second kappa shape index (κ2) is 6.56. The lowest BCUT2D eigenvalue weighted by Gasteiger charge is -2.26. The van der Waals surface area contributed by atoms with Gasteiger partial charge < -0.3 is 4.74 Å². The summed E-state index contributed by atoms with van der Waals surface area (Å²) in [6.07, 6.45) is 2.04. The number of rotatable bonds is 4. The van der Waals surface area contributed by atoms with Crippen LogP contribution in [-0.4, -0.2) is 39.5 Å². The molecule has 1 atom stereocenters. The average Bonchev–Trinajstić information content (AvgIpc) is 2.42. The van der Waals surface area contributed by atoms with Gasteiger partial charge in [-0.15, -0.1) is 0 Å². The molecule has 1 saturated heterocycles. The van der Waals surface area contributed by atoms with E-state index in [1.54, 1.807) is 25.2 Å². The highest BCUT2D eigenvalue weighted by Crippen LogP contribution is 2.23. The highest BCUT2D eigenvalue weighted by atomic mass is 79.9. The van der Waals surface area contributed by atoms with Crippen molar-refractivity contribution in [2.45, 2.75) is 24.7 Å². The van der Waals surface area contributed by atoms with Crippen LogP contribution in [0.25, 0.3) is 0 Å². The molecule has 1 aromatic rings. The minimum Gasteiger partial charge on any atom is -0.381 e. The van der Waals surface area contributed by atoms with Crippen LogP contribution in [0.5, 0.6) is 0 Å². The van der Waals surface area contributed by atoms with Crippen LogP contribution >= 0.6 is 15.9 Å². The van der Waals surface area contributed by atoms with Gasteiger partial charge >= 0.3 is 0 Å². The fraction of sp³-hybridized carbons (Fsp3) is 0.571. The topological polar surface area (TPSA) is 46.6 Å². The van der Waals surface area contributed by atoms with Crippen molar-refractivity contribution in [3.8, 4) is 0 Å². The predicted octanol–water partition coefficient (Wildman–Crippen LogP) is 2.80. The van der Waals surface area contributed by atoms with Crippen LogP contribution in [0.1, 0.15) is 18.4 Å². The molecule has 2 rings (SSSR count). The van der Waals surface area contributed by atoms with E-state index in [1.807, 2.05) is 6.92 Å². The number of sulfonamides is 1. The molecule has 1 aromatic carbocycles. The third-order valence-corrected chi connectivity index (χ3v) is 6.32. The first-order valence-electron chi connectivity index (χ1n) is 6.71. The van der Waals surface area contributed by atoms with E-state index in [2.05, 4.69) is 15.9 Å². The first-order chi connectivity index (χ1) is 9.41. The molecule has 0 bridgehead atoms. The van der Waals surface area contributed by atoms with Crippen molar-refractivity contribution in [2.75, 3.05) is 26.8 Å². The van der Waals surface area contributed by atoms with E-state index in [0.29, 0.717) is 24.0 Å². The summed E-state index contributed by atoms with van der Waals surface area (Å²) in [5, 5.41) is 0. The molecule has 20 heavy (non-hydrogen) atoms. The molecule has 6 heteroatoms. The summed E-state index contributed by atoms with van der Waals surface area (Å²) >= 11 is 3.39. The Balaban J connectivity index is 2.13. The van der Waals surface area contributed by atoms with E-state index >= 15 is 0 Å². The van der Waals surface area contributed by atoms with Crippen LogP contribution in [0.3, 0.4) is 0 Å². The molecule has 0 radical (unpaired) electrons. The quantitative estimate of drug-likeness (QED) is 0.828. The Bertz CT molecular complexity index is 568. The van der Waals surface area contributed by atoms with Crippen LogP contribution < -0.4 is 0 Å². The summed E-state index contributed by atoms with van der Waals surface area (Å²) in [7, 11) is -1.78. The molecule has 1 aliphatic heterocycles. The summed E-state index contributed by atoms with van der Waals surface area (Å²) in [5.41, 5.74) is 0.917. The Morgan fingerprint density at radius 3 is 2.80 bits per heavy atom. The zero-order valence-electron chi connectivity index (χ0n) is 11.8. The first kappa shape index (κ1) is 15.9. The molecule has 1 aliphatic rings. The monoisotopic (exact) mass is 361 g/mol. The Morgan fingerprint density at radius 2 is 2.20 bits per heavy atom. The Labute approximate surface area is 129 Å². The fourth-order valence-electron chi connectivity index (χ4n) is 2.37. The van der Waals surface area contributed by atoms with E-state index in [1.165, 1.54) is 4.31 Å². The average molecular weight is 362 g/mol. The molecule has 0 spiro atoms. The maximum Gasteiger partial charge on any atom is 0.242 e. The van der Waals surface area contributed by atoms with Crippen LogP contribution in [0.15, 0.2) is 27.6 Å². The summed E-state index contributed by atoms with van der Waals surface area (Å²) < 4.78 is 32.8. The number of hydrogen-bond donors (Lipinski definition) is 0. The Morgan fingerprint density at radius 1 is 1.45 bits per heavy atom. The molecule has 0 aromatic heterocycles. The molecule has 1 heterocycles. The molecule has 1 unspecified atom stereocenters. The van der Waals surface area contributed by atoms with Gasteiger partial charge in [0.1, 0.15) is 0 Å². The van der Waals surface area contributed by atoms with Gasteiger partial charge in [-0.1, -0.05) is 15.9 Å². The maximum absolute atomic E-state index is 12.5. The van der Waals surface area contributed by atoms with Crippen molar-refractivity contribution in [1.82, 2.24) is 4.31 Å². The van der Waals surface area contributed by atoms with Gasteiger partial charge in [-0.05, 0) is 49.4 Å². The van der Waals surface area contributed by atoms with Gasteiger partial charge in [0.05, 0.1) is 11.5 Å². The standard InChI is InChI=1S/C14H20BrNO3S/c1-11-8-13(5-6-14(11)15)20(17,18)16(2)9-12-4-3-7-19-10-12/h5-6,8,12H,3-4,7,9-10H2,1-2H3. The smallest absolute Gasteiger partial charge is 0.242 e. The zero-order valence-corrected chi connectivity index (χ0v) is 14.2. The molecule has 0 N–H and O–H groups in total. The second-order valence-corrected chi connectivity index (χ2v) is 8.18. The lowest BCUT2D eigenvalue weighted by molar-refractivity contribution is 0.0495. The van der Waals surface area contributed by atoms with Gasteiger partial charge in [0.25, 0.3) is 0 Å². The number of aryl methyl sites for hydroxylation is 1. The van der Waals surface area contributed by atoms with Crippen molar-refractivity contribution in [3.63, 3.8) is 0 Å². The Hall–Kier alpha value is -0.430. The minimum atomic E-state index is -3.42. The number of benzene rings is 1. The molecule has 0 aliphatic carbocycles. The zero-order chi connectivity index (χ0) is 14.8. The Kier molecular flexibility index (Phi) is 5.23. The number of halogens is 1. The van der Waals surface area contributed by atoms with Gasteiger partial charge in [-0.3, -0.25) is 0 Å². The van der Waals surface area contributed by atoms with Crippen LogP contribution in [0, 0.1) is 12.8 Å². The second-order valence-electron chi connectivity index (χ2n) is 5.28. The first-order valence-corrected chi connectivity index (χ1v) is 8.95. The highest BCUT2D eigenvalue weighted by Gasteiger charge is 2.25. The van der Waals surface area contributed by atoms with Crippen LogP contribution in [0.2, 0.25) is 0 Å². The van der Waals surface area contributed by atoms with Gasteiger partial charge in [-0.25, -0.2) is 12.7 Å². The lowest BCUT2D eigenvalue weighted by atomic mass is 10.0. The van der Waals surface area contributed by atoms with Crippen LogP contribution in [-0.2, 0) is 14.8 Å². The third kappa shape index (κ3) is 3.61. The molecule has 1 fully saturated rings. The van der Waals surface area contributed by atoms with Gasteiger partial charge in [0.2, 0.25) is 10.0 Å². The van der Waals surface area contributed by atoms with Gasteiger partial charge in [0, 0.05) is 24.7 Å². The third-order valence-electron chi connectivity index (χ3n) is 3.61. The van der Waals surface area contributed by atoms with E-state index in [0.717, 1.165) is 29.5 Å². The van der Waals surface area contributed by atoms with E-state index in [9.17, 15) is 8.42 Å². The highest BCUT2D eigenvalue weighted by molar-refractivity contribution is 9.10. The van der Waals surface area contributed by atoms with Crippen LogP contribution in [0.4, 0.5) is 0 Å². The normalized spacial score (nSPS) is 20.3. The van der Waals surface area contributed by atoms with Gasteiger partial charge in [0.15, 0.2) is 0 Å². The molecule has 112 valence electrons.